The highest BCUT2D eigenvalue weighted by atomic mass is 127. The average molecular weight is 351 g/mol. The molecule has 2 aromatic rings. The number of nitrogens with one attached hydrogen (secondary N) is 1. The van der Waals surface area contributed by atoms with Crippen LogP contribution in [-0.4, -0.2) is 5.91 Å². The number of anilines is 1. The average Bonchev–Trinajstić information content (AvgIpc) is 2.39. The molecule has 0 saturated heterocycles. The van der Waals surface area contributed by atoms with Crippen molar-refractivity contribution in [1.82, 2.24) is 0 Å². The van der Waals surface area contributed by atoms with E-state index in [1.807, 2.05) is 48.5 Å². The zero-order valence-electron chi connectivity index (χ0n) is 10.1. The van der Waals surface area contributed by atoms with Crippen molar-refractivity contribution in [1.29, 1.82) is 0 Å². The number of carbonyl (C=O) groups is 1. The van der Waals surface area contributed by atoms with Gasteiger partial charge in [-0.1, -0.05) is 25.1 Å². The van der Waals surface area contributed by atoms with Crippen LogP contribution in [0.1, 0.15) is 22.8 Å². The highest BCUT2D eigenvalue weighted by molar-refractivity contribution is 14.1. The fraction of sp³-hybridized carbons (Fsp3) is 0.133. The molecule has 92 valence electrons. The monoisotopic (exact) mass is 351 g/mol. The highest BCUT2D eigenvalue weighted by Gasteiger charge is 2.05. The van der Waals surface area contributed by atoms with Gasteiger partial charge in [0.1, 0.15) is 0 Å². The van der Waals surface area contributed by atoms with Crippen LogP contribution in [0, 0.1) is 3.57 Å². The number of hydrogen-bond donors (Lipinski definition) is 1. The van der Waals surface area contributed by atoms with E-state index < -0.39 is 0 Å². The van der Waals surface area contributed by atoms with Gasteiger partial charge in [-0.15, -0.1) is 0 Å². The lowest BCUT2D eigenvalue weighted by atomic mass is 10.1. The van der Waals surface area contributed by atoms with Gasteiger partial charge in [0.05, 0.1) is 0 Å². The van der Waals surface area contributed by atoms with Gasteiger partial charge in [-0.25, -0.2) is 0 Å². The van der Waals surface area contributed by atoms with Gasteiger partial charge in [0.15, 0.2) is 0 Å². The largest absolute Gasteiger partial charge is 0.322 e. The molecule has 0 fully saturated rings. The number of halogens is 1. The van der Waals surface area contributed by atoms with Crippen molar-refractivity contribution < 1.29 is 4.79 Å². The molecule has 0 aliphatic rings. The Hall–Kier alpha value is -1.36. The Bertz CT molecular complexity index is 549. The molecule has 0 aliphatic carbocycles. The van der Waals surface area contributed by atoms with Crippen LogP contribution in [0.5, 0.6) is 0 Å². The standard InChI is InChI=1S/C15H14INO/c1-2-11-6-8-14(9-7-11)17-15(18)12-4-3-5-13(16)10-12/h3-10H,2H2,1H3,(H,17,18). The van der Waals surface area contributed by atoms with E-state index in [4.69, 9.17) is 0 Å². The van der Waals surface area contributed by atoms with E-state index in [1.54, 1.807) is 0 Å². The quantitative estimate of drug-likeness (QED) is 0.829. The Kier molecular flexibility index (Phi) is 4.36. The highest BCUT2D eigenvalue weighted by Crippen LogP contribution is 2.13. The summed E-state index contributed by atoms with van der Waals surface area (Å²) in [6.45, 7) is 2.11. The minimum Gasteiger partial charge on any atom is -0.322 e. The number of benzene rings is 2. The number of aryl methyl sites for hydroxylation is 1. The van der Waals surface area contributed by atoms with Gasteiger partial charge in [0.2, 0.25) is 0 Å². The molecule has 0 aromatic heterocycles. The van der Waals surface area contributed by atoms with E-state index in [2.05, 4.69) is 34.8 Å². The number of rotatable bonds is 3. The SMILES string of the molecule is CCc1ccc(NC(=O)c2cccc(I)c2)cc1. The first-order chi connectivity index (χ1) is 8.69. The molecule has 0 atom stereocenters. The summed E-state index contributed by atoms with van der Waals surface area (Å²) in [7, 11) is 0. The molecule has 0 heterocycles. The minimum atomic E-state index is -0.0715. The fourth-order valence-electron chi connectivity index (χ4n) is 1.66. The first-order valence-corrected chi connectivity index (χ1v) is 6.93. The Morgan fingerprint density at radius 1 is 1.17 bits per heavy atom. The van der Waals surface area contributed by atoms with Gasteiger partial charge >= 0.3 is 0 Å². The summed E-state index contributed by atoms with van der Waals surface area (Å²) in [5.74, 6) is -0.0715. The summed E-state index contributed by atoms with van der Waals surface area (Å²) in [5.41, 5.74) is 2.78. The molecule has 1 amide bonds. The molecule has 1 N–H and O–H groups in total. The summed E-state index contributed by atoms with van der Waals surface area (Å²) >= 11 is 2.20. The van der Waals surface area contributed by atoms with Crippen LogP contribution in [0.15, 0.2) is 48.5 Å². The summed E-state index contributed by atoms with van der Waals surface area (Å²) in [5, 5.41) is 2.89. The summed E-state index contributed by atoms with van der Waals surface area (Å²) in [6, 6.07) is 15.5. The van der Waals surface area contributed by atoms with Crippen LogP contribution in [0.25, 0.3) is 0 Å². The Balaban J connectivity index is 2.11. The lowest BCUT2D eigenvalue weighted by molar-refractivity contribution is 0.102. The smallest absolute Gasteiger partial charge is 0.255 e. The first kappa shape index (κ1) is 13.1. The van der Waals surface area contributed by atoms with Crippen molar-refractivity contribution in [2.45, 2.75) is 13.3 Å². The minimum absolute atomic E-state index is 0.0715. The topological polar surface area (TPSA) is 29.1 Å². The van der Waals surface area contributed by atoms with Gasteiger partial charge < -0.3 is 5.32 Å². The summed E-state index contributed by atoms with van der Waals surface area (Å²) < 4.78 is 1.06. The van der Waals surface area contributed by atoms with Crippen LogP contribution >= 0.6 is 22.6 Å². The van der Waals surface area contributed by atoms with Gasteiger partial charge in [0, 0.05) is 14.8 Å². The van der Waals surface area contributed by atoms with Crippen LogP contribution in [0.3, 0.4) is 0 Å². The van der Waals surface area contributed by atoms with Crippen LogP contribution in [0.4, 0.5) is 5.69 Å². The Morgan fingerprint density at radius 3 is 2.50 bits per heavy atom. The van der Waals surface area contributed by atoms with Crippen molar-refractivity contribution in [3.63, 3.8) is 0 Å². The summed E-state index contributed by atoms with van der Waals surface area (Å²) in [4.78, 5) is 12.0. The molecule has 0 bridgehead atoms. The maximum absolute atomic E-state index is 12.0. The first-order valence-electron chi connectivity index (χ1n) is 5.85. The lowest BCUT2D eigenvalue weighted by Gasteiger charge is -2.06. The molecule has 0 aliphatic heterocycles. The van der Waals surface area contributed by atoms with Crippen molar-refractivity contribution in [2.24, 2.45) is 0 Å². The van der Waals surface area contributed by atoms with Gasteiger partial charge in [-0.05, 0) is 64.9 Å². The molecule has 18 heavy (non-hydrogen) atoms. The number of hydrogen-bond acceptors (Lipinski definition) is 1. The van der Waals surface area contributed by atoms with Crippen molar-refractivity contribution in [3.05, 3.63) is 63.2 Å². The summed E-state index contributed by atoms with van der Waals surface area (Å²) in [6.07, 6.45) is 1.01. The zero-order valence-corrected chi connectivity index (χ0v) is 12.3. The second-order valence-electron chi connectivity index (χ2n) is 4.01. The van der Waals surface area contributed by atoms with Crippen LogP contribution < -0.4 is 5.32 Å². The van der Waals surface area contributed by atoms with Crippen molar-refractivity contribution in [2.75, 3.05) is 5.32 Å². The number of amides is 1. The maximum atomic E-state index is 12.0. The molecular weight excluding hydrogens is 337 g/mol. The van der Waals surface area contributed by atoms with E-state index in [-0.39, 0.29) is 5.91 Å². The molecule has 0 radical (unpaired) electrons. The molecule has 3 heteroatoms. The van der Waals surface area contributed by atoms with Crippen LogP contribution in [0.2, 0.25) is 0 Å². The van der Waals surface area contributed by atoms with Crippen molar-refractivity contribution >= 4 is 34.2 Å². The Labute approximate surface area is 121 Å². The normalized spacial score (nSPS) is 10.1. The van der Waals surface area contributed by atoms with Gasteiger partial charge in [-0.2, -0.15) is 0 Å². The molecule has 2 aromatic carbocycles. The zero-order chi connectivity index (χ0) is 13.0. The molecular formula is C15H14INO. The predicted octanol–water partition coefficient (Wildman–Crippen LogP) is 4.11. The van der Waals surface area contributed by atoms with E-state index >= 15 is 0 Å². The fourth-order valence-corrected chi connectivity index (χ4v) is 2.20. The van der Waals surface area contributed by atoms with Gasteiger partial charge in [0.25, 0.3) is 5.91 Å². The van der Waals surface area contributed by atoms with Crippen LogP contribution in [-0.2, 0) is 6.42 Å². The van der Waals surface area contributed by atoms with Gasteiger partial charge in [-0.3, -0.25) is 4.79 Å². The third-order valence-corrected chi connectivity index (χ3v) is 3.38. The number of carbonyl (C=O) groups excluding carboxylic acids is 1. The molecule has 0 saturated carbocycles. The lowest BCUT2D eigenvalue weighted by Crippen LogP contribution is -2.11. The third-order valence-electron chi connectivity index (χ3n) is 2.71. The van der Waals surface area contributed by atoms with E-state index in [0.717, 1.165) is 15.7 Å². The molecule has 0 unspecified atom stereocenters. The second kappa shape index (κ2) is 6.00. The van der Waals surface area contributed by atoms with Crippen molar-refractivity contribution in [3.8, 4) is 0 Å². The molecule has 2 rings (SSSR count). The molecule has 0 spiro atoms. The predicted molar refractivity (Wildman–Crippen MR) is 82.9 cm³/mol. The second-order valence-corrected chi connectivity index (χ2v) is 5.26. The Morgan fingerprint density at radius 2 is 1.89 bits per heavy atom. The third kappa shape index (κ3) is 3.32. The van der Waals surface area contributed by atoms with E-state index in [9.17, 15) is 4.79 Å². The maximum Gasteiger partial charge on any atom is 0.255 e. The van der Waals surface area contributed by atoms with E-state index in [1.165, 1.54) is 5.56 Å². The molecule has 2 nitrogen and oxygen atoms in total. The van der Waals surface area contributed by atoms with E-state index in [0.29, 0.717) is 5.56 Å².